The van der Waals surface area contributed by atoms with Crippen molar-refractivity contribution in [1.82, 2.24) is 20.4 Å². The molecule has 1 aliphatic carbocycles. The van der Waals surface area contributed by atoms with Crippen LogP contribution in [0.3, 0.4) is 0 Å². The van der Waals surface area contributed by atoms with Gasteiger partial charge in [-0.15, -0.1) is 0 Å². The van der Waals surface area contributed by atoms with Gasteiger partial charge in [0.2, 0.25) is 5.91 Å². The fourth-order valence-electron chi connectivity index (χ4n) is 4.04. The van der Waals surface area contributed by atoms with E-state index in [1.807, 2.05) is 24.9 Å². The van der Waals surface area contributed by atoms with Crippen LogP contribution in [-0.4, -0.2) is 33.4 Å². The molecular formula is C22H26N4O3. The van der Waals surface area contributed by atoms with Crippen LogP contribution >= 0.6 is 0 Å². The van der Waals surface area contributed by atoms with E-state index in [0.717, 1.165) is 48.1 Å². The van der Waals surface area contributed by atoms with Gasteiger partial charge in [-0.3, -0.25) is 14.6 Å². The second-order valence-corrected chi connectivity index (χ2v) is 7.64. The fourth-order valence-corrected chi connectivity index (χ4v) is 4.04. The molecule has 4 rings (SSSR count). The smallest absolute Gasteiger partial charge is 0.273 e. The van der Waals surface area contributed by atoms with Crippen molar-refractivity contribution in [3.63, 3.8) is 0 Å². The quantitative estimate of drug-likeness (QED) is 0.842. The number of pyridine rings is 1. The average molecular weight is 394 g/mol. The summed E-state index contributed by atoms with van der Waals surface area (Å²) >= 11 is 0. The molecule has 2 aromatic rings. The lowest BCUT2D eigenvalue weighted by molar-refractivity contribution is -0.128. The Balaban J connectivity index is 1.47. The Morgan fingerprint density at radius 2 is 2.17 bits per heavy atom. The Morgan fingerprint density at radius 1 is 1.31 bits per heavy atom. The number of nitrogens with one attached hydrogen (secondary N) is 1. The molecule has 0 saturated heterocycles. The molecule has 7 heteroatoms. The van der Waals surface area contributed by atoms with E-state index in [-0.39, 0.29) is 11.8 Å². The summed E-state index contributed by atoms with van der Waals surface area (Å²) in [7, 11) is 0. The first kappa shape index (κ1) is 19.4. The van der Waals surface area contributed by atoms with E-state index in [2.05, 4.69) is 21.5 Å². The molecule has 2 aromatic heterocycles. The van der Waals surface area contributed by atoms with E-state index in [4.69, 9.17) is 4.52 Å². The predicted octanol–water partition coefficient (Wildman–Crippen LogP) is 2.87. The zero-order valence-corrected chi connectivity index (χ0v) is 17.0. The van der Waals surface area contributed by atoms with Crippen LogP contribution in [0, 0.1) is 6.92 Å². The van der Waals surface area contributed by atoms with Gasteiger partial charge in [-0.05, 0) is 49.3 Å². The molecule has 0 unspecified atom stereocenters. The standard InChI is InChI=1S/C22H26N4O3/c1-3-17-10-20(25-29-17)21(27)24-12-19-14(2)23-11-16-13-26(9-8-18(16)19)22(28)15-6-4-5-7-15/h6,10-11H,3-5,7-9,12-13H2,1-2H3,(H,24,27). The van der Waals surface area contributed by atoms with Gasteiger partial charge in [0.25, 0.3) is 5.91 Å². The number of nitrogens with zero attached hydrogens (tertiary/aromatic N) is 3. The van der Waals surface area contributed by atoms with Crippen molar-refractivity contribution in [2.45, 2.75) is 59.0 Å². The van der Waals surface area contributed by atoms with Crippen molar-refractivity contribution in [3.05, 3.63) is 57.8 Å². The van der Waals surface area contributed by atoms with Crippen LogP contribution in [-0.2, 0) is 30.7 Å². The number of carbonyl (C=O) groups is 2. The van der Waals surface area contributed by atoms with Crippen LogP contribution < -0.4 is 5.32 Å². The highest BCUT2D eigenvalue weighted by atomic mass is 16.5. The summed E-state index contributed by atoms with van der Waals surface area (Å²) in [6, 6.07) is 1.67. The Morgan fingerprint density at radius 3 is 2.90 bits per heavy atom. The Labute approximate surface area is 170 Å². The third-order valence-electron chi connectivity index (χ3n) is 5.76. The van der Waals surface area contributed by atoms with Crippen molar-refractivity contribution in [2.24, 2.45) is 0 Å². The third-order valence-corrected chi connectivity index (χ3v) is 5.76. The minimum Gasteiger partial charge on any atom is -0.361 e. The molecule has 0 saturated carbocycles. The monoisotopic (exact) mass is 394 g/mol. The molecule has 1 aliphatic heterocycles. The number of rotatable bonds is 5. The first-order valence-electron chi connectivity index (χ1n) is 10.2. The Bertz CT molecular complexity index is 976. The van der Waals surface area contributed by atoms with Gasteiger partial charge in [-0.25, -0.2) is 0 Å². The molecule has 3 heterocycles. The summed E-state index contributed by atoms with van der Waals surface area (Å²) in [6.07, 6.45) is 8.36. The second-order valence-electron chi connectivity index (χ2n) is 7.64. The van der Waals surface area contributed by atoms with Gasteiger partial charge in [0.05, 0.1) is 0 Å². The largest absolute Gasteiger partial charge is 0.361 e. The summed E-state index contributed by atoms with van der Waals surface area (Å²) < 4.78 is 5.11. The van der Waals surface area contributed by atoms with Crippen LogP contribution in [0.1, 0.15) is 64.8 Å². The van der Waals surface area contributed by atoms with E-state index < -0.39 is 0 Å². The van der Waals surface area contributed by atoms with Gasteiger partial charge in [0, 0.05) is 49.6 Å². The summed E-state index contributed by atoms with van der Waals surface area (Å²) in [4.78, 5) is 31.6. The predicted molar refractivity (Wildman–Crippen MR) is 107 cm³/mol. The van der Waals surface area contributed by atoms with Crippen molar-refractivity contribution < 1.29 is 14.1 Å². The maximum absolute atomic E-state index is 12.7. The van der Waals surface area contributed by atoms with E-state index in [1.165, 1.54) is 5.56 Å². The second kappa shape index (κ2) is 8.19. The third kappa shape index (κ3) is 3.95. The van der Waals surface area contributed by atoms with E-state index in [9.17, 15) is 9.59 Å². The summed E-state index contributed by atoms with van der Waals surface area (Å²) in [5, 5.41) is 6.76. The van der Waals surface area contributed by atoms with Crippen LogP contribution in [0.5, 0.6) is 0 Å². The number of aryl methyl sites for hydroxylation is 2. The maximum atomic E-state index is 12.7. The average Bonchev–Trinajstić information content (AvgIpc) is 3.44. The molecule has 1 N–H and O–H groups in total. The lowest BCUT2D eigenvalue weighted by atomic mass is 9.94. The van der Waals surface area contributed by atoms with Gasteiger partial charge in [0.1, 0.15) is 5.76 Å². The van der Waals surface area contributed by atoms with Gasteiger partial charge < -0.3 is 14.7 Å². The highest BCUT2D eigenvalue weighted by Crippen LogP contribution is 2.27. The summed E-state index contributed by atoms with van der Waals surface area (Å²) in [5.41, 5.74) is 5.42. The highest BCUT2D eigenvalue weighted by molar-refractivity contribution is 5.94. The topological polar surface area (TPSA) is 88.3 Å². The van der Waals surface area contributed by atoms with Gasteiger partial charge in [-0.2, -0.15) is 0 Å². The molecular weight excluding hydrogens is 368 g/mol. The van der Waals surface area contributed by atoms with E-state index in [0.29, 0.717) is 37.5 Å². The van der Waals surface area contributed by atoms with Crippen LogP contribution in [0.2, 0.25) is 0 Å². The lowest BCUT2D eigenvalue weighted by Gasteiger charge is -2.31. The molecule has 0 fully saturated rings. The minimum absolute atomic E-state index is 0.154. The van der Waals surface area contributed by atoms with Crippen molar-refractivity contribution in [1.29, 1.82) is 0 Å². The number of fused-ring (bicyclic) bond motifs is 1. The van der Waals surface area contributed by atoms with Gasteiger partial charge in [-0.1, -0.05) is 18.2 Å². The number of hydrogen-bond acceptors (Lipinski definition) is 5. The van der Waals surface area contributed by atoms with Crippen LogP contribution in [0.25, 0.3) is 0 Å². The van der Waals surface area contributed by atoms with Crippen LogP contribution in [0.4, 0.5) is 0 Å². The molecule has 152 valence electrons. The zero-order valence-electron chi connectivity index (χ0n) is 17.0. The highest BCUT2D eigenvalue weighted by Gasteiger charge is 2.26. The summed E-state index contributed by atoms with van der Waals surface area (Å²) in [5.74, 6) is 0.583. The number of aromatic nitrogens is 2. The molecule has 2 aliphatic rings. The number of allylic oxidation sites excluding steroid dienone is 1. The summed E-state index contributed by atoms with van der Waals surface area (Å²) in [6.45, 7) is 5.55. The van der Waals surface area contributed by atoms with E-state index >= 15 is 0 Å². The molecule has 0 spiro atoms. The SMILES string of the molecule is CCc1cc(C(=O)NCc2c(C)ncc3c2CCN(C(=O)C2=CCCC2)C3)no1. The first-order chi connectivity index (χ1) is 14.1. The molecule has 0 atom stereocenters. The molecule has 0 bridgehead atoms. The maximum Gasteiger partial charge on any atom is 0.273 e. The molecule has 29 heavy (non-hydrogen) atoms. The first-order valence-corrected chi connectivity index (χ1v) is 10.2. The molecule has 0 aromatic carbocycles. The lowest BCUT2D eigenvalue weighted by Crippen LogP contribution is -2.37. The van der Waals surface area contributed by atoms with Crippen molar-refractivity contribution in [3.8, 4) is 0 Å². The minimum atomic E-state index is -0.258. The molecule has 2 amide bonds. The number of carbonyl (C=O) groups excluding carboxylic acids is 2. The van der Waals surface area contributed by atoms with Crippen molar-refractivity contribution >= 4 is 11.8 Å². The Hall–Kier alpha value is -2.96. The number of hydrogen-bond donors (Lipinski definition) is 1. The van der Waals surface area contributed by atoms with Crippen molar-refractivity contribution in [2.75, 3.05) is 6.54 Å². The van der Waals surface area contributed by atoms with Gasteiger partial charge >= 0.3 is 0 Å². The van der Waals surface area contributed by atoms with E-state index in [1.54, 1.807) is 6.07 Å². The van der Waals surface area contributed by atoms with Crippen LogP contribution in [0.15, 0.2) is 28.4 Å². The normalized spacial score (nSPS) is 15.8. The molecule has 0 radical (unpaired) electrons. The number of amides is 2. The Kier molecular flexibility index (Phi) is 5.47. The van der Waals surface area contributed by atoms with Gasteiger partial charge in [0.15, 0.2) is 5.69 Å². The zero-order chi connectivity index (χ0) is 20.4. The molecule has 7 nitrogen and oxygen atoms in total. The fraction of sp³-hybridized carbons (Fsp3) is 0.455.